The van der Waals surface area contributed by atoms with Crippen LogP contribution in [0.1, 0.15) is 46.2 Å². The van der Waals surface area contributed by atoms with Gasteiger partial charge in [-0.3, -0.25) is 0 Å². The third kappa shape index (κ3) is 6.48. The van der Waals surface area contributed by atoms with Crippen molar-refractivity contribution in [2.24, 2.45) is 0 Å². The molecule has 1 heterocycles. The summed E-state index contributed by atoms with van der Waals surface area (Å²) in [6.07, 6.45) is 1.53. The van der Waals surface area contributed by atoms with Crippen molar-refractivity contribution in [1.82, 2.24) is 9.71 Å². The molecule has 1 aromatic heterocycles. The fourth-order valence-electron chi connectivity index (χ4n) is 1.34. The van der Waals surface area contributed by atoms with Gasteiger partial charge in [0.1, 0.15) is 0 Å². The van der Waals surface area contributed by atoms with Crippen molar-refractivity contribution in [2.45, 2.75) is 51.3 Å². The number of aromatic nitrogens is 1. The Kier molecular flexibility index (Phi) is 5.81. The van der Waals surface area contributed by atoms with Gasteiger partial charge in [-0.05, 0) is 33.3 Å². The summed E-state index contributed by atoms with van der Waals surface area (Å²) in [7, 11) is -1.20. The molecule has 0 saturated heterocycles. The maximum absolute atomic E-state index is 12.7. The Bertz CT molecular complexity index is 481. The van der Waals surface area contributed by atoms with Crippen molar-refractivity contribution in [1.29, 1.82) is 0 Å². The zero-order chi connectivity index (χ0) is 16.3. The van der Waals surface area contributed by atoms with Gasteiger partial charge in [-0.1, -0.05) is 6.07 Å². The first kappa shape index (κ1) is 18.0. The fourth-order valence-corrected chi connectivity index (χ4v) is 2.15. The smallest absolute Gasteiger partial charge is 0.278 e. The summed E-state index contributed by atoms with van der Waals surface area (Å²) >= 11 is 0. The lowest BCUT2D eigenvalue weighted by Crippen LogP contribution is -2.34. The Morgan fingerprint density at radius 1 is 1.33 bits per heavy atom. The Hall–Kier alpha value is -1.08. The lowest BCUT2D eigenvalue weighted by Gasteiger charge is -2.22. The maximum atomic E-state index is 12.7. The van der Waals surface area contributed by atoms with E-state index in [-0.39, 0.29) is 16.7 Å². The molecule has 4 nitrogen and oxygen atoms in total. The second kappa shape index (κ2) is 6.79. The molecule has 0 saturated carbocycles. The third-order valence-corrected chi connectivity index (χ3v) is 4.25. The van der Waals surface area contributed by atoms with Crippen LogP contribution < -0.4 is 9.46 Å². The first-order valence-electron chi connectivity index (χ1n) is 6.64. The molecule has 0 fully saturated rings. The Morgan fingerprint density at radius 3 is 2.38 bits per heavy atom. The molecular weight excluding hydrogens is 298 g/mol. The number of hydrogen-bond donors (Lipinski definition) is 1. The Morgan fingerprint density at radius 2 is 1.95 bits per heavy atom. The highest BCUT2D eigenvalue weighted by Crippen LogP contribution is 2.19. The molecule has 21 heavy (non-hydrogen) atoms. The summed E-state index contributed by atoms with van der Waals surface area (Å²) in [4.78, 5) is 3.98. The molecule has 120 valence electrons. The van der Waals surface area contributed by atoms with Crippen LogP contribution in [-0.4, -0.2) is 26.5 Å². The van der Waals surface area contributed by atoms with Crippen LogP contribution in [0.4, 0.5) is 8.78 Å². The predicted molar refractivity (Wildman–Crippen MR) is 79.8 cm³/mol. The molecule has 0 aliphatic carbocycles. The molecular formula is C14H22F2N2O2S. The molecule has 1 rings (SSSR count). The molecule has 0 amide bonds. The summed E-state index contributed by atoms with van der Waals surface area (Å²) in [5, 5.41) is 0. The highest BCUT2D eigenvalue weighted by Gasteiger charge is 2.23. The molecule has 0 aromatic carbocycles. The van der Waals surface area contributed by atoms with Crippen LogP contribution in [0.2, 0.25) is 0 Å². The van der Waals surface area contributed by atoms with E-state index in [2.05, 4.69) is 9.71 Å². The van der Waals surface area contributed by atoms with E-state index in [0.717, 1.165) is 12.5 Å². The number of nitrogens with zero attached hydrogens (tertiary/aromatic N) is 1. The largest absolute Gasteiger partial charge is 0.471 e. The lowest BCUT2D eigenvalue weighted by atomic mass is 10.2. The molecule has 1 N–H and O–H groups in total. The van der Waals surface area contributed by atoms with Gasteiger partial charge in [-0.25, -0.2) is 22.7 Å². The zero-order valence-corrected chi connectivity index (χ0v) is 13.8. The second-order valence-corrected chi connectivity index (χ2v) is 8.01. The van der Waals surface area contributed by atoms with Crippen molar-refractivity contribution in [3.8, 4) is 5.88 Å². The quantitative estimate of drug-likeness (QED) is 0.875. The van der Waals surface area contributed by atoms with Crippen LogP contribution in [-0.2, 0) is 11.0 Å². The molecule has 0 aliphatic heterocycles. The Labute approximate surface area is 126 Å². The first-order valence-corrected chi connectivity index (χ1v) is 7.78. The summed E-state index contributed by atoms with van der Waals surface area (Å²) in [5.74, 6) is -2.75. The molecule has 0 bridgehead atoms. The van der Waals surface area contributed by atoms with Gasteiger partial charge in [0, 0.05) is 25.2 Å². The fraction of sp³-hybridized carbons (Fsp3) is 0.643. The Balaban J connectivity index is 2.63. The third-order valence-electron chi connectivity index (χ3n) is 2.57. The SMILES string of the molecule is CC(N[S@](=O)C(C)(C)C)c1ccc(OCC(C)(F)F)nc1. The molecule has 2 atom stereocenters. The van der Waals surface area contributed by atoms with Gasteiger partial charge in [0.05, 0.1) is 15.7 Å². The minimum Gasteiger partial charge on any atom is -0.471 e. The van der Waals surface area contributed by atoms with Crippen molar-refractivity contribution in [3.63, 3.8) is 0 Å². The van der Waals surface area contributed by atoms with Gasteiger partial charge >= 0.3 is 0 Å². The molecule has 1 aromatic rings. The number of alkyl halides is 2. The highest BCUT2D eigenvalue weighted by atomic mass is 32.2. The van der Waals surface area contributed by atoms with Gasteiger partial charge in [-0.2, -0.15) is 0 Å². The van der Waals surface area contributed by atoms with Crippen molar-refractivity contribution in [3.05, 3.63) is 23.9 Å². The minimum absolute atomic E-state index is 0.143. The molecule has 0 aliphatic rings. The number of nitrogens with one attached hydrogen (secondary N) is 1. The minimum atomic E-state index is -2.89. The predicted octanol–water partition coefficient (Wildman–Crippen LogP) is 3.23. The van der Waals surface area contributed by atoms with Crippen molar-refractivity contribution >= 4 is 11.0 Å². The van der Waals surface area contributed by atoms with Gasteiger partial charge in [0.2, 0.25) is 5.88 Å². The molecule has 0 spiro atoms. The van der Waals surface area contributed by atoms with Crippen LogP contribution in [0.5, 0.6) is 5.88 Å². The monoisotopic (exact) mass is 320 g/mol. The van der Waals surface area contributed by atoms with E-state index in [0.29, 0.717) is 0 Å². The average Bonchev–Trinajstić information content (AvgIpc) is 2.35. The number of pyridine rings is 1. The summed E-state index contributed by atoms with van der Waals surface area (Å²) in [6.45, 7) is 7.58. The van der Waals surface area contributed by atoms with Gasteiger partial charge in [0.15, 0.2) is 6.61 Å². The van der Waals surface area contributed by atoms with Crippen LogP contribution >= 0.6 is 0 Å². The normalized spacial score (nSPS) is 15.6. The van der Waals surface area contributed by atoms with Crippen molar-refractivity contribution < 1.29 is 17.7 Å². The molecule has 0 radical (unpaired) electrons. The van der Waals surface area contributed by atoms with Crippen LogP contribution in [0.15, 0.2) is 18.3 Å². The van der Waals surface area contributed by atoms with Crippen LogP contribution in [0.3, 0.4) is 0 Å². The summed E-state index contributed by atoms with van der Waals surface area (Å²) in [6, 6.07) is 3.08. The number of rotatable bonds is 6. The standard InChI is InChI=1S/C14H22F2N2O2S/c1-10(18-21(19)13(2,3)4)11-6-7-12(17-8-11)20-9-14(5,15)16/h6-8,10,18H,9H2,1-5H3/t10?,21-/m1/s1. The van der Waals surface area contributed by atoms with E-state index in [1.54, 1.807) is 6.07 Å². The summed E-state index contributed by atoms with van der Waals surface area (Å²) in [5.41, 5.74) is 0.809. The maximum Gasteiger partial charge on any atom is 0.278 e. The molecule has 7 heteroatoms. The van der Waals surface area contributed by atoms with Gasteiger partial charge in [0.25, 0.3) is 5.92 Å². The average molecular weight is 320 g/mol. The van der Waals surface area contributed by atoms with E-state index in [1.807, 2.05) is 27.7 Å². The van der Waals surface area contributed by atoms with E-state index >= 15 is 0 Å². The van der Waals surface area contributed by atoms with E-state index in [4.69, 9.17) is 4.74 Å². The van der Waals surface area contributed by atoms with Gasteiger partial charge in [-0.15, -0.1) is 0 Å². The number of ether oxygens (including phenoxy) is 1. The highest BCUT2D eigenvalue weighted by molar-refractivity contribution is 7.84. The molecule has 1 unspecified atom stereocenters. The van der Waals surface area contributed by atoms with Gasteiger partial charge < -0.3 is 4.74 Å². The number of hydrogen-bond acceptors (Lipinski definition) is 3. The van der Waals surface area contributed by atoms with Crippen LogP contribution in [0.25, 0.3) is 0 Å². The van der Waals surface area contributed by atoms with E-state index < -0.39 is 23.5 Å². The van der Waals surface area contributed by atoms with Crippen molar-refractivity contribution in [2.75, 3.05) is 6.61 Å². The zero-order valence-electron chi connectivity index (χ0n) is 12.9. The van der Waals surface area contributed by atoms with E-state index in [9.17, 15) is 13.0 Å². The van der Waals surface area contributed by atoms with E-state index in [1.165, 1.54) is 12.3 Å². The summed E-state index contributed by atoms with van der Waals surface area (Å²) < 4.78 is 44.9. The first-order chi connectivity index (χ1) is 9.49. The second-order valence-electron chi connectivity index (χ2n) is 6.01. The van der Waals surface area contributed by atoms with Crippen LogP contribution in [0, 0.1) is 0 Å². The lowest BCUT2D eigenvalue weighted by molar-refractivity contribution is -0.0242. The topological polar surface area (TPSA) is 51.2 Å². The number of halogens is 2.